The molecular formula is C15H21N3OS. The summed E-state index contributed by atoms with van der Waals surface area (Å²) in [5.41, 5.74) is 5.43. The third kappa shape index (κ3) is 2.53. The number of anilines is 1. The second-order valence-corrected chi connectivity index (χ2v) is 5.67. The Morgan fingerprint density at radius 3 is 3.20 bits per heavy atom. The summed E-state index contributed by atoms with van der Waals surface area (Å²) < 4.78 is 5.06. The Hall–Kier alpha value is -1.17. The number of thiocarbonyl (C=S) groups is 1. The summed E-state index contributed by atoms with van der Waals surface area (Å²) in [6.45, 7) is 5.66. The first-order chi connectivity index (χ1) is 9.81. The lowest BCUT2D eigenvalue weighted by Crippen LogP contribution is -2.27. The molecule has 2 aliphatic rings. The zero-order valence-electron chi connectivity index (χ0n) is 11.9. The van der Waals surface area contributed by atoms with Crippen molar-refractivity contribution in [2.45, 2.75) is 13.0 Å². The highest BCUT2D eigenvalue weighted by Crippen LogP contribution is 2.35. The lowest BCUT2D eigenvalue weighted by molar-refractivity contribution is 0.204. The van der Waals surface area contributed by atoms with E-state index in [-0.39, 0.29) is 0 Å². The van der Waals surface area contributed by atoms with Crippen LogP contribution >= 0.6 is 12.2 Å². The van der Waals surface area contributed by atoms with Crippen molar-refractivity contribution in [3.8, 4) is 0 Å². The standard InChI is InChI=1S/C15H21N3OS/c1-19-9-6-17-15(20)13-3-2-11-10-16-5-8-18-7-4-12(13)14(11)18/h2-3,16H,4-10H2,1H3,(H,17,20). The number of hydrogen-bond donors (Lipinski definition) is 2. The lowest BCUT2D eigenvalue weighted by Gasteiger charge is -2.19. The molecule has 0 amide bonds. The van der Waals surface area contributed by atoms with Crippen LogP contribution in [0.15, 0.2) is 12.1 Å². The quantitative estimate of drug-likeness (QED) is 0.641. The fraction of sp³-hybridized carbons (Fsp3) is 0.533. The minimum atomic E-state index is 0.677. The first-order valence-corrected chi connectivity index (χ1v) is 7.59. The molecule has 0 bridgehead atoms. The molecule has 0 saturated heterocycles. The fourth-order valence-corrected chi connectivity index (χ4v) is 3.36. The Kier molecular flexibility index (Phi) is 4.19. The number of benzene rings is 1. The zero-order chi connectivity index (χ0) is 13.9. The van der Waals surface area contributed by atoms with Gasteiger partial charge in [0.25, 0.3) is 0 Å². The molecule has 0 saturated carbocycles. The first-order valence-electron chi connectivity index (χ1n) is 7.19. The maximum absolute atomic E-state index is 5.54. The van der Waals surface area contributed by atoms with E-state index in [2.05, 4.69) is 27.7 Å². The molecule has 108 valence electrons. The van der Waals surface area contributed by atoms with Crippen molar-refractivity contribution in [2.75, 3.05) is 44.8 Å². The van der Waals surface area contributed by atoms with Crippen molar-refractivity contribution in [2.24, 2.45) is 0 Å². The number of nitrogens with zero attached hydrogens (tertiary/aromatic N) is 1. The highest BCUT2D eigenvalue weighted by molar-refractivity contribution is 7.80. The van der Waals surface area contributed by atoms with Gasteiger partial charge in [0.2, 0.25) is 0 Å². The van der Waals surface area contributed by atoms with Gasteiger partial charge in [0.15, 0.2) is 0 Å². The Bertz CT molecular complexity index is 518. The van der Waals surface area contributed by atoms with Crippen LogP contribution in [0.2, 0.25) is 0 Å². The minimum absolute atomic E-state index is 0.677. The summed E-state index contributed by atoms with van der Waals surface area (Å²) in [5, 5.41) is 6.77. The molecule has 2 aliphatic heterocycles. The van der Waals surface area contributed by atoms with E-state index in [1.54, 1.807) is 7.11 Å². The van der Waals surface area contributed by atoms with Gasteiger partial charge in [-0.1, -0.05) is 24.4 Å². The lowest BCUT2D eigenvalue weighted by atomic mass is 10.0. The molecule has 3 rings (SSSR count). The van der Waals surface area contributed by atoms with Gasteiger partial charge in [-0.2, -0.15) is 0 Å². The molecule has 0 aromatic heterocycles. The van der Waals surface area contributed by atoms with E-state index >= 15 is 0 Å². The van der Waals surface area contributed by atoms with E-state index in [4.69, 9.17) is 17.0 Å². The predicted molar refractivity (Wildman–Crippen MR) is 85.6 cm³/mol. The molecule has 0 fully saturated rings. The average Bonchev–Trinajstić information content (AvgIpc) is 2.76. The minimum Gasteiger partial charge on any atom is -0.383 e. The van der Waals surface area contributed by atoms with Crippen molar-refractivity contribution in [1.29, 1.82) is 0 Å². The Morgan fingerprint density at radius 1 is 1.45 bits per heavy atom. The van der Waals surface area contributed by atoms with Crippen LogP contribution in [0.4, 0.5) is 5.69 Å². The highest BCUT2D eigenvalue weighted by Gasteiger charge is 2.27. The molecule has 0 aliphatic carbocycles. The van der Waals surface area contributed by atoms with E-state index in [1.807, 2.05) is 0 Å². The highest BCUT2D eigenvalue weighted by atomic mass is 32.1. The van der Waals surface area contributed by atoms with Gasteiger partial charge >= 0.3 is 0 Å². The van der Waals surface area contributed by atoms with Crippen molar-refractivity contribution in [3.05, 3.63) is 28.8 Å². The molecule has 1 aromatic carbocycles. The first kappa shape index (κ1) is 13.8. The number of nitrogens with one attached hydrogen (secondary N) is 2. The van der Waals surface area contributed by atoms with Gasteiger partial charge in [-0.3, -0.25) is 0 Å². The molecule has 4 nitrogen and oxygen atoms in total. The smallest absolute Gasteiger partial charge is 0.107 e. The number of hydrogen-bond acceptors (Lipinski definition) is 4. The predicted octanol–water partition coefficient (Wildman–Crippen LogP) is 1.06. The fourth-order valence-electron chi connectivity index (χ4n) is 3.07. The van der Waals surface area contributed by atoms with Crippen molar-refractivity contribution in [3.63, 3.8) is 0 Å². The molecule has 5 heteroatoms. The molecule has 0 spiro atoms. The van der Waals surface area contributed by atoms with Crippen LogP contribution in [0.25, 0.3) is 0 Å². The molecule has 1 aromatic rings. The normalized spacial score (nSPS) is 16.8. The zero-order valence-corrected chi connectivity index (χ0v) is 12.7. The summed E-state index contributed by atoms with van der Waals surface area (Å²) in [4.78, 5) is 3.34. The SMILES string of the molecule is COCCNC(=S)c1ccc2c3c1CCN3CCNC2. The van der Waals surface area contributed by atoms with Crippen LogP contribution in [-0.2, 0) is 17.7 Å². The maximum atomic E-state index is 5.54. The van der Waals surface area contributed by atoms with Crippen molar-refractivity contribution >= 4 is 22.9 Å². The van der Waals surface area contributed by atoms with Crippen LogP contribution in [0.1, 0.15) is 16.7 Å². The van der Waals surface area contributed by atoms with E-state index in [1.165, 1.54) is 22.4 Å². The topological polar surface area (TPSA) is 36.5 Å². The molecule has 20 heavy (non-hydrogen) atoms. The molecule has 0 radical (unpaired) electrons. The number of ether oxygens (including phenoxy) is 1. The second-order valence-electron chi connectivity index (χ2n) is 5.26. The van der Waals surface area contributed by atoms with E-state index in [9.17, 15) is 0 Å². The molecule has 0 atom stereocenters. The Balaban J connectivity index is 1.87. The average molecular weight is 291 g/mol. The summed E-state index contributed by atoms with van der Waals surface area (Å²) in [5.74, 6) is 0. The summed E-state index contributed by atoms with van der Waals surface area (Å²) in [7, 11) is 1.71. The molecule has 2 N–H and O–H groups in total. The largest absolute Gasteiger partial charge is 0.383 e. The van der Waals surface area contributed by atoms with Crippen LogP contribution in [0, 0.1) is 0 Å². The summed E-state index contributed by atoms with van der Waals surface area (Å²) in [6, 6.07) is 4.39. The van der Waals surface area contributed by atoms with Crippen LogP contribution in [0.3, 0.4) is 0 Å². The van der Waals surface area contributed by atoms with Crippen LogP contribution < -0.4 is 15.5 Å². The van der Waals surface area contributed by atoms with Gasteiger partial charge in [0.1, 0.15) is 4.99 Å². The van der Waals surface area contributed by atoms with Crippen molar-refractivity contribution in [1.82, 2.24) is 10.6 Å². The van der Waals surface area contributed by atoms with E-state index < -0.39 is 0 Å². The van der Waals surface area contributed by atoms with Gasteiger partial charge in [-0.25, -0.2) is 0 Å². The van der Waals surface area contributed by atoms with Gasteiger partial charge in [0, 0.05) is 51.1 Å². The second kappa shape index (κ2) is 6.08. The molecule has 2 heterocycles. The molecular weight excluding hydrogens is 270 g/mol. The van der Waals surface area contributed by atoms with Crippen molar-refractivity contribution < 1.29 is 4.74 Å². The number of rotatable bonds is 4. The van der Waals surface area contributed by atoms with Gasteiger partial charge in [-0.15, -0.1) is 0 Å². The third-order valence-electron chi connectivity index (χ3n) is 4.02. The van der Waals surface area contributed by atoms with Crippen LogP contribution in [0.5, 0.6) is 0 Å². The summed E-state index contributed by atoms with van der Waals surface area (Å²) >= 11 is 5.54. The Labute approximate surface area is 125 Å². The maximum Gasteiger partial charge on any atom is 0.107 e. The summed E-state index contributed by atoms with van der Waals surface area (Å²) in [6.07, 6.45) is 1.10. The van der Waals surface area contributed by atoms with Gasteiger partial charge < -0.3 is 20.3 Å². The van der Waals surface area contributed by atoms with Gasteiger partial charge in [-0.05, 0) is 17.5 Å². The van der Waals surface area contributed by atoms with Gasteiger partial charge in [0.05, 0.1) is 6.61 Å². The van der Waals surface area contributed by atoms with E-state index in [0.29, 0.717) is 6.61 Å². The Morgan fingerprint density at radius 2 is 2.35 bits per heavy atom. The van der Waals surface area contributed by atoms with Crippen LogP contribution in [-0.4, -0.2) is 44.9 Å². The third-order valence-corrected chi connectivity index (χ3v) is 4.39. The monoisotopic (exact) mass is 291 g/mol. The van der Waals surface area contributed by atoms with E-state index in [0.717, 1.165) is 44.1 Å². The molecule has 0 unspecified atom stereocenters. The number of methoxy groups -OCH3 is 1.